The number of carbonyl (C=O) groups is 2. The normalized spacial score (nSPS) is 15.4. The fraction of sp³-hybridized carbons (Fsp3) is 0.436. The predicted octanol–water partition coefficient (Wildman–Crippen LogP) is 7.42. The molecule has 0 saturated carbocycles. The molecule has 9 heteroatoms. The molecule has 1 fully saturated rings. The predicted molar refractivity (Wildman–Crippen MR) is 194 cm³/mol. The highest BCUT2D eigenvalue weighted by molar-refractivity contribution is 7.14. The van der Waals surface area contributed by atoms with Crippen LogP contribution in [0.4, 0.5) is 0 Å². The van der Waals surface area contributed by atoms with E-state index in [2.05, 4.69) is 43.0 Å². The fourth-order valence-electron chi connectivity index (χ4n) is 5.79. The van der Waals surface area contributed by atoms with E-state index in [1.165, 1.54) is 37.0 Å². The fourth-order valence-corrected chi connectivity index (χ4v) is 6.76. The molecular formula is C39H49N5O3S. The van der Waals surface area contributed by atoms with Crippen LogP contribution in [0.5, 0.6) is 5.75 Å². The summed E-state index contributed by atoms with van der Waals surface area (Å²) in [7, 11) is 0. The Labute approximate surface area is 289 Å². The molecule has 1 aliphatic rings. The number of amides is 2. The molecule has 1 aliphatic heterocycles. The first kappa shape index (κ1) is 35.2. The summed E-state index contributed by atoms with van der Waals surface area (Å²) in [6.07, 6.45) is 10.9. The second-order valence-corrected chi connectivity index (χ2v) is 14.8. The lowest BCUT2D eigenvalue weighted by atomic mass is 9.95. The van der Waals surface area contributed by atoms with Gasteiger partial charge in [0.25, 0.3) is 5.91 Å². The first-order valence-corrected chi connectivity index (χ1v) is 18.0. The first-order valence-electron chi connectivity index (χ1n) is 17.2. The summed E-state index contributed by atoms with van der Waals surface area (Å²) in [5.74, 6) is 1.16. The lowest BCUT2D eigenvalue weighted by Crippen LogP contribution is -2.49. The van der Waals surface area contributed by atoms with Crippen LogP contribution in [0.15, 0.2) is 73.1 Å². The molecule has 0 radical (unpaired) electrons. The Kier molecular flexibility index (Phi) is 12.0. The molecule has 2 aromatic heterocycles. The number of hydrogen-bond donors (Lipinski definition) is 2. The Hall–Kier alpha value is -4.08. The monoisotopic (exact) mass is 667 g/mol. The van der Waals surface area contributed by atoms with Gasteiger partial charge < -0.3 is 20.7 Å². The highest BCUT2D eigenvalue weighted by Crippen LogP contribution is 2.30. The number of rotatable bonds is 14. The lowest BCUT2D eigenvalue weighted by molar-refractivity contribution is -0.132. The van der Waals surface area contributed by atoms with Crippen molar-refractivity contribution < 1.29 is 14.3 Å². The molecule has 4 aromatic rings. The average Bonchev–Trinajstić information content (AvgIpc) is 3.77. The van der Waals surface area contributed by atoms with Gasteiger partial charge in [-0.05, 0) is 53.6 Å². The number of thiophene rings is 1. The smallest absolute Gasteiger partial charge is 0.262 e. The van der Waals surface area contributed by atoms with Crippen LogP contribution in [0.2, 0.25) is 0 Å². The molecule has 2 atom stereocenters. The quantitative estimate of drug-likeness (QED) is 0.136. The molecular weight excluding hydrogens is 619 g/mol. The van der Waals surface area contributed by atoms with Crippen molar-refractivity contribution in [2.75, 3.05) is 19.7 Å². The van der Waals surface area contributed by atoms with E-state index in [1.54, 1.807) is 4.90 Å². The molecule has 48 heavy (non-hydrogen) atoms. The van der Waals surface area contributed by atoms with Gasteiger partial charge in [0, 0.05) is 53.9 Å². The molecule has 2 amide bonds. The highest BCUT2D eigenvalue weighted by atomic mass is 32.1. The van der Waals surface area contributed by atoms with Crippen molar-refractivity contribution in [3.63, 3.8) is 0 Å². The van der Waals surface area contributed by atoms with Gasteiger partial charge >= 0.3 is 0 Å². The minimum Gasteiger partial charge on any atom is -0.494 e. The summed E-state index contributed by atoms with van der Waals surface area (Å²) in [6.45, 7) is 10.4. The molecule has 0 spiro atoms. The van der Waals surface area contributed by atoms with E-state index in [-0.39, 0.29) is 23.3 Å². The van der Waals surface area contributed by atoms with Gasteiger partial charge in [0.2, 0.25) is 5.91 Å². The van der Waals surface area contributed by atoms with Crippen LogP contribution in [0.3, 0.4) is 0 Å². The van der Waals surface area contributed by atoms with Crippen LogP contribution >= 0.6 is 11.3 Å². The Balaban J connectivity index is 1.21. The maximum atomic E-state index is 13.6. The molecule has 0 bridgehead atoms. The van der Waals surface area contributed by atoms with Gasteiger partial charge in [-0.3, -0.25) is 9.59 Å². The zero-order chi connectivity index (χ0) is 34.1. The summed E-state index contributed by atoms with van der Waals surface area (Å²) >= 11 is 1.47. The second-order valence-electron chi connectivity index (χ2n) is 13.8. The summed E-state index contributed by atoms with van der Waals surface area (Å²) in [4.78, 5) is 39.7. The van der Waals surface area contributed by atoms with Gasteiger partial charge in [0.05, 0.1) is 11.5 Å². The molecule has 3 N–H and O–H groups in total. The minimum atomic E-state index is -0.702. The van der Waals surface area contributed by atoms with E-state index >= 15 is 0 Å². The number of hydrogen-bond acceptors (Lipinski definition) is 7. The maximum Gasteiger partial charge on any atom is 0.262 e. The van der Waals surface area contributed by atoms with Crippen molar-refractivity contribution in [2.45, 2.75) is 90.1 Å². The van der Waals surface area contributed by atoms with Crippen molar-refractivity contribution in [3.05, 3.63) is 88.4 Å². The van der Waals surface area contributed by atoms with Crippen LogP contribution < -0.4 is 15.8 Å². The van der Waals surface area contributed by atoms with Crippen molar-refractivity contribution in [3.8, 4) is 28.3 Å². The number of likely N-dealkylation sites (tertiary alicyclic amines) is 1. The van der Waals surface area contributed by atoms with E-state index in [9.17, 15) is 9.59 Å². The number of nitrogens with two attached hydrogens (primary N) is 1. The zero-order valence-corrected chi connectivity index (χ0v) is 29.5. The van der Waals surface area contributed by atoms with Crippen LogP contribution in [0.25, 0.3) is 22.5 Å². The molecule has 2 aromatic carbocycles. The molecule has 8 nitrogen and oxygen atoms in total. The Morgan fingerprint density at radius 2 is 1.62 bits per heavy atom. The van der Waals surface area contributed by atoms with Gasteiger partial charge in [0.15, 0.2) is 5.82 Å². The van der Waals surface area contributed by atoms with Crippen LogP contribution in [0.1, 0.15) is 86.3 Å². The Morgan fingerprint density at radius 3 is 2.25 bits per heavy atom. The van der Waals surface area contributed by atoms with E-state index in [0.29, 0.717) is 30.2 Å². The molecule has 0 unspecified atom stereocenters. The van der Waals surface area contributed by atoms with E-state index in [4.69, 9.17) is 10.5 Å². The topological polar surface area (TPSA) is 110 Å². The van der Waals surface area contributed by atoms with Gasteiger partial charge in [-0.1, -0.05) is 89.8 Å². The summed E-state index contributed by atoms with van der Waals surface area (Å²) in [6, 6.07) is 19.0. The van der Waals surface area contributed by atoms with Crippen molar-refractivity contribution >= 4 is 23.2 Å². The SMILES string of the molecule is CCCCCCCOc1ccc(-c2cnc(-c3ccc(C[C@H](NC(=O)c4ccc(C(C)(C)C)s4)C(=O)N4CC[C@@H](N)C4)cc3)nc2)cc1. The van der Waals surface area contributed by atoms with Gasteiger partial charge in [-0.2, -0.15) is 0 Å². The van der Waals surface area contributed by atoms with Crippen molar-refractivity contribution in [2.24, 2.45) is 5.73 Å². The van der Waals surface area contributed by atoms with E-state index in [1.807, 2.05) is 73.1 Å². The number of ether oxygens (including phenoxy) is 1. The number of nitrogens with one attached hydrogen (secondary N) is 1. The zero-order valence-electron chi connectivity index (χ0n) is 28.7. The lowest BCUT2D eigenvalue weighted by Gasteiger charge is -2.24. The Bertz CT molecular complexity index is 1630. The van der Waals surface area contributed by atoms with Crippen LogP contribution in [-0.2, 0) is 16.6 Å². The summed E-state index contributed by atoms with van der Waals surface area (Å²) in [5.41, 5.74) is 9.82. The number of unbranched alkanes of at least 4 members (excludes halogenated alkanes) is 4. The summed E-state index contributed by atoms with van der Waals surface area (Å²) < 4.78 is 5.90. The second kappa shape index (κ2) is 16.3. The Morgan fingerprint density at radius 1 is 0.938 bits per heavy atom. The third-order valence-electron chi connectivity index (χ3n) is 8.72. The van der Waals surface area contributed by atoms with Gasteiger partial charge in [-0.25, -0.2) is 9.97 Å². The molecule has 5 rings (SSSR count). The third kappa shape index (κ3) is 9.51. The number of nitrogens with zero attached hydrogens (tertiary/aromatic N) is 3. The molecule has 254 valence electrons. The highest BCUT2D eigenvalue weighted by Gasteiger charge is 2.31. The van der Waals surface area contributed by atoms with E-state index < -0.39 is 6.04 Å². The van der Waals surface area contributed by atoms with Crippen molar-refractivity contribution in [1.82, 2.24) is 20.2 Å². The standard InChI is InChI=1S/C39H49N5O3S/c1-5-6-7-8-9-22-47-32-16-14-28(15-17-32)30-24-41-36(42-25-30)29-12-10-27(11-13-29)23-33(38(46)44-21-20-31(40)26-44)43-37(45)34-18-19-35(48-34)39(2,3)4/h10-19,24-25,31,33H,5-9,20-23,26,40H2,1-4H3,(H,43,45)/t31-,33+/m1/s1. The van der Waals surface area contributed by atoms with Crippen LogP contribution in [-0.4, -0.2) is 58.5 Å². The van der Waals surface area contributed by atoms with Crippen LogP contribution in [0, 0.1) is 0 Å². The largest absolute Gasteiger partial charge is 0.494 e. The van der Waals surface area contributed by atoms with Gasteiger partial charge in [0.1, 0.15) is 11.8 Å². The number of carbonyl (C=O) groups excluding carboxylic acids is 2. The first-order chi connectivity index (χ1) is 23.1. The molecule has 1 saturated heterocycles. The third-order valence-corrected chi connectivity index (χ3v) is 10.2. The number of benzene rings is 2. The van der Waals surface area contributed by atoms with Gasteiger partial charge in [-0.15, -0.1) is 11.3 Å². The average molecular weight is 668 g/mol. The molecule has 3 heterocycles. The number of aromatic nitrogens is 2. The van der Waals surface area contributed by atoms with Crippen molar-refractivity contribution in [1.29, 1.82) is 0 Å². The molecule has 0 aliphatic carbocycles. The summed E-state index contributed by atoms with van der Waals surface area (Å²) in [5, 5.41) is 3.04. The maximum absolute atomic E-state index is 13.6. The van der Waals surface area contributed by atoms with E-state index in [0.717, 1.165) is 52.3 Å². The minimum absolute atomic E-state index is 0.0362.